The van der Waals surface area contributed by atoms with Crippen molar-refractivity contribution in [2.75, 3.05) is 32.1 Å². The van der Waals surface area contributed by atoms with Gasteiger partial charge in [0.15, 0.2) is 0 Å². The molecule has 1 aliphatic rings. The molecule has 2 aromatic rings. The van der Waals surface area contributed by atoms with E-state index in [1.165, 1.54) is 11.1 Å². The lowest BCUT2D eigenvalue weighted by Gasteiger charge is -2.23. The number of amides is 1. The molecule has 4 nitrogen and oxygen atoms in total. The van der Waals surface area contributed by atoms with Gasteiger partial charge in [0.2, 0.25) is 5.91 Å². The minimum atomic E-state index is 0.147. The van der Waals surface area contributed by atoms with Gasteiger partial charge in [0.25, 0.3) is 0 Å². The predicted octanol–water partition coefficient (Wildman–Crippen LogP) is 3.02. The number of nitrogens with zero attached hydrogens (tertiary/aromatic N) is 2. The average Bonchev–Trinajstić information content (AvgIpc) is 2.99. The first-order chi connectivity index (χ1) is 11.6. The zero-order chi connectivity index (χ0) is 17.1. The van der Waals surface area contributed by atoms with E-state index in [-0.39, 0.29) is 5.91 Å². The quantitative estimate of drug-likeness (QED) is 0.847. The summed E-state index contributed by atoms with van der Waals surface area (Å²) in [5.41, 5.74) is 4.62. The number of methoxy groups -OCH3 is 1. The maximum Gasteiger partial charge on any atom is 0.241 e. The molecule has 0 bridgehead atoms. The van der Waals surface area contributed by atoms with Crippen molar-refractivity contribution in [1.29, 1.82) is 0 Å². The number of aryl methyl sites for hydroxylation is 1. The van der Waals surface area contributed by atoms with Crippen LogP contribution in [0, 0.1) is 6.92 Å². The summed E-state index contributed by atoms with van der Waals surface area (Å²) in [5, 5.41) is 0. The van der Waals surface area contributed by atoms with Crippen LogP contribution < -0.4 is 9.64 Å². The molecule has 0 fully saturated rings. The maximum atomic E-state index is 12.7. The summed E-state index contributed by atoms with van der Waals surface area (Å²) in [7, 11) is 3.65. The van der Waals surface area contributed by atoms with Gasteiger partial charge in [-0.25, -0.2) is 0 Å². The number of benzene rings is 2. The Morgan fingerprint density at radius 3 is 2.83 bits per heavy atom. The molecular formula is C20H24N2O2. The molecule has 0 spiro atoms. The predicted molar refractivity (Wildman–Crippen MR) is 96.6 cm³/mol. The summed E-state index contributed by atoms with van der Waals surface area (Å²) in [5.74, 6) is 1.01. The lowest BCUT2D eigenvalue weighted by atomic mass is 10.1. The van der Waals surface area contributed by atoms with Gasteiger partial charge in [-0.1, -0.05) is 35.9 Å². The maximum absolute atomic E-state index is 12.7. The third-order valence-electron chi connectivity index (χ3n) is 4.47. The second-order valence-corrected chi connectivity index (χ2v) is 6.41. The molecule has 0 aromatic heterocycles. The Morgan fingerprint density at radius 2 is 2.04 bits per heavy atom. The van der Waals surface area contributed by atoms with Crippen molar-refractivity contribution in [2.45, 2.75) is 19.9 Å². The van der Waals surface area contributed by atoms with Crippen molar-refractivity contribution in [3.63, 3.8) is 0 Å². The molecule has 1 amide bonds. The van der Waals surface area contributed by atoms with E-state index in [1.807, 2.05) is 47.2 Å². The number of carbonyl (C=O) groups excluding carboxylic acids is 1. The Labute approximate surface area is 143 Å². The van der Waals surface area contributed by atoms with Gasteiger partial charge in [0.05, 0.1) is 13.7 Å². The lowest BCUT2D eigenvalue weighted by molar-refractivity contribution is -0.119. The van der Waals surface area contributed by atoms with Gasteiger partial charge in [-0.05, 0) is 38.1 Å². The topological polar surface area (TPSA) is 32.8 Å². The molecule has 0 aliphatic carbocycles. The Morgan fingerprint density at radius 1 is 1.25 bits per heavy atom. The van der Waals surface area contributed by atoms with Gasteiger partial charge in [-0.2, -0.15) is 0 Å². The van der Waals surface area contributed by atoms with E-state index in [0.29, 0.717) is 13.1 Å². The SMILES string of the molecule is COc1ccc(C)cc1CN(C)CC(=O)N1CCc2ccccc21. The van der Waals surface area contributed by atoms with E-state index in [4.69, 9.17) is 4.74 Å². The van der Waals surface area contributed by atoms with Crippen LogP contribution in [0.15, 0.2) is 42.5 Å². The van der Waals surface area contributed by atoms with Crippen molar-refractivity contribution in [3.8, 4) is 5.75 Å². The third kappa shape index (κ3) is 3.44. The Balaban J connectivity index is 1.66. The number of para-hydroxylation sites is 1. The molecule has 3 rings (SSSR count). The molecule has 1 aliphatic heterocycles. The van der Waals surface area contributed by atoms with Gasteiger partial charge in [-0.15, -0.1) is 0 Å². The molecule has 2 aromatic carbocycles. The summed E-state index contributed by atoms with van der Waals surface area (Å²) in [6.45, 7) is 3.92. The molecule has 24 heavy (non-hydrogen) atoms. The van der Waals surface area contributed by atoms with Crippen LogP contribution in [-0.2, 0) is 17.8 Å². The highest BCUT2D eigenvalue weighted by Gasteiger charge is 2.24. The second-order valence-electron chi connectivity index (χ2n) is 6.41. The molecule has 0 saturated carbocycles. The van der Waals surface area contributed by atoms with Crippen molar-refractivity contribution >= 4 is 11.6 Å². The van der Waals surface area contributed by atoms with E-state index in [0.717, 1.165) is 30.0 Å². The average molecular weight is 324 g/mol. The minimum Gasteiger partial charge on any atom is -0.496 e. The van der Waals surface area contributed by atoms with E-state index in [9.17, 15) is 4.79 Å². The van der Waals surface area contributed by atoms with Crippen LogP contribution in [0.4, 0.5) is 5.69 Å². The first-order valence-electron chi connectivity index (χ1n) is 8.29. The van der Waals surface area contributed by atoms with Gasteiger partial charge in [0, 0.05) is 24.3 Å². The molecule has 0 saturated heterocycles. The summed E-state index contributed by atoms with van der Waals surface area (Å²) >= 11 is 0. The monoisotopic (exact) mass is 324 g/mol. The summed E-state index contributed by atoms with van der Waals surface area (Å²) in [6, 6.07) is 14.3. The largest absolute Gasteiger partial charge is 0.496 e. The van der Waals surface area contributed by atoms with Crippen molar-refractivity contribution in [3.05, 3.63) is 59.2 Å². The number of hydrogen-bond acceptors (Lipinski definition) is 3. The van der Waals surface area contributed by atoms with Crippen LogP contribution in [0.1, 0.15) is 16.7 Å². The molecule has 4 heteroatoms. The first kappa shape index (κ1) is 16.5. The molecule has 126 valence electrons. The van der Waals surface area contributed by atoms with Crippen LogP contribution in [0.2, 0.25) is 0 Å². The number of anilines is 1. The normalized spacial score (nSPS) is 13.2. The highest BCUT2D eigenvalue weighted by Crippen LogP contribution is 2.27. The van der Waals surface area contributed by atoms with Crippen LogP contribution in [0.5, 0.6) is 5.75 Å². The van der Waals surface area contributed by atoms with E-state index in [2.05, 4.69) is 19.1 Å². The number of fused-ring (bicyclic) bond motifs is 1. The van der Waals surface area contributed by atoms with Crippen molar-refractivity contribution in [1.82, 2.24) is 4.90 Å². The Kier molecular flexibility index (Phi) is 4.86. The van der Waals surface area contributed by atoms with E-state index in [1.54, 1.807) is 7.11 Å². The molecule has 0 atom stereocenters. The Hall–Kier alpha value is -2.33. The van der Waals surface area contributed by atoms with Crippen molar-refractivity contribution in [2.24, 2.45) is 0 Å². The molecular weight excluding hydrogens is 300 g/mol. The summed E-state index contributed by atoms with van der Waals surface area (Å²) in [4.78, 5) is 16.6. The standard InChI is InChI=1S/C20H24N2O2/c1-15-8-9-19(24-3)17(12-15)13-21(2)14-20(23)22-11-10-16-6-4-5-7-18(16)22/h4-9,12H,10-11,13-14H2,1-3H3. The lowest BCUT2D eigenvalue weighted by Crippen LogP contribution is -2.37. The molecule has 0 N–H and O–H groups in total. The minimum absolute atomic E-state index is 0.147. The van der Waals surface area contributed by atoms with Crippen LogP contribution in [-0.4, -0.2) is 38.1 Å². The third-order valence-corrected chi connectivity index (χ3v) is 4.47. The first-order valence-corrected chi connectivity index (χ1v) is 8.29. The number of hydrogen-bond donors (Lipinski definition) is 0. The fourth-order valence-electron chi connectivity index (χ4n) is 3.29. The zero-order valence-electron chi connectivity index (χ0n) is 14.6. The van der Waals surface area contributed by atoms with Gasteiger partial charge < -0.3 is 9.64 Å². The second kappa shape index (κ2) is 7.05. The number of rotatable bonds is 5. The summed E-state index contributed by atoms with van der Waals surface area (Å²) in [6.07, 6.45) is 0.942. The fourth-order valence-corrected chi connectivity index (χ4v) is 3.29. The van der Waals surface area contributed by atoms with Gasteiger partial charge >= 0.3 is 0 Å². The molecule has 0 unspecified atom stereocenters. The number of ether oxygens (including phenoxy) is 1. The zero-order valence-corrected chi connectivity index (χ0v) is 14.6. The molecule has 1 heterocycles. The smallest absolute Gasteiger partial charge is 0.241 e. The van der Waals surface area contributed by atoms with Crippen LogP contribution >= 0.6 is 0 Å². The van der Waals surface area contributed by atoms with Crippen molar-refractivity contribution < 1.29 is 9.53 Å². The highest BCUT2D eigenvalue weighted by atomic mass is 16.5. The number of carbonyl (C=O) groups is 1. The number of likely N-dealkylation sites (N-methyl/N-ethyl adjacent to an activating group) is 1. The van der Waals surface area contributed by atoms with Crippen LogP contribution in [0.3, 0.4) is 0 Å². The Bertz CT molecular complexity index is 742. The fraction of sp³-hybridized carbons (Fsp3) is 0.350. The van der Waals surface area contributed by atoms with Gasteiger partial charge in [0.1, 0.15) is 5.75 Å². The van der Waals surface area contributed by atoms with E-state index >= 15 is 0 Å². The highest BCUT2D eigenvalue weighted by molar-refractivity contribution is 5.96. The summed E-state index contributed by atoms with van der Waals surface area (Å²) < 4.78 is 5.43. The van der Waals surface area contributed by atoms with Gasteiger partial charge in [-0.3, -0.25) is 9.69 Å². The van der Waals surface area contributed by atoms with Crippen LogP contribution in [0.25, 0.3) is 0 Å². The van der Waals surface area contributed by atoms with E-state index < -0.39 is 0 Å². The molecule has 0 radical (unpaired) electrons.